The lowest BCUT2D eigenvalue weighted by Crippen LogP contribution is -2.29. The van der Waals surface area contributed by atoms with E-state index in [0.717, 1.165) is 11.1 Å². The van der Waals surface area contributed by atoms with Crippen LogP contribution in [0.4, 0.5) is 5.69 Å². The van der Waals surface area contributed by atoms with Gasteiger partial charge in [0.1, 0.15) is 18.0 Å². The number of hydrogen-bond donors (Lipinski definition) is 1. The van der Waals surface area contributed by atoms with E-state index in [-0.39, 0.29) is 19.2 Å². The average molecular weight is 502 g/mol. The van der Waals surface area contributed by atoms with E-state index in [2.05, 4.69) is 5.32 Å². The zero-order valence-electron chi connectivity index (χ0n) is 21.0. The van der Waals surface area contributed by atoms with E-state index in [4.69, 9.17) is 18.9 Å². The van der Waals surface area contributed by atoms with E-state index >= 15 is 0 Å². The number of amides is 1. The molecule has 0 fully saturated rings. The molecule has 0 saturated carbocycles. The Labute approximate surface area is 213 Å². The Morgan fingerprint density at radius 1 is 1.00 bits per heavy atom. The molecule has 0 radical (unpaired) electrons. The number of hydrogen-bond acceptors (Lipinski definition) is 6. The number of anilines is 1. The topological polar surface area (TPSA) is 93.0 Å². The van der Waals surface area contributed by atoms with Crippen molar-refractivity contribution in [2.45, 2.75) is 20.4 Å². The SMILES string of the molecule is COc1ccc(-n2cc(-c3ccc4c(c3)OCO4)n(CC(=O)Nc3cccc(C)c3C)c2=O)c(OC)c1. The fourth-order valence-corrected chi connectivity index (χ4v) is 4.30. The second kappa shape index (κ2) is 9.77. The van der Waals surface area contributed by atoms with Gasteiger partial charge in [-0.1, -0.05) is 12.1 Å². The molecular weight excluding hydrogens is 474 g/mol. The average Bonchev–Trinajstić information content (AvgIpc) is 3.50. The highest BCUT2D eigenvalue weighted by Gasteiger charge is 2.22. The number of imidazole rings is 1. The highest BCUT2D eigenvalue weighted by Crippen LogP contribution is 2.36. The van der Waals surface area contributed by atoms with E-state index in [1.807, 2.05) is 38.1 Å². The van der Waals surface area contributed by atoms with E-state index < -0.39 is 5.69 Å². The molecule has 0 atom stereocenters. The first-order chi connectivity index (χ1) is 17.9. The molecule has 190 valence electrons. The minimum absolute atomic E-state index is 0.133. The standard InChI is InChI=1S/C28H27N3O6/c1-17-6-5-7-21(18(17)2)29-27(32)15-31-23(19-8-11-24-26(12-19)37-16-36-24)14-30(28(31)33)22-10-9-20(34-3)13-25(22)35-4/h5-14H,15-16H2,1-4H3,(H,29,32). The van der Waals surface area contributed by atoms with Crippen LogP contribution in [0.1, 0.15) is 11.1 Å². The van der Waals surface area contributed by atoms with Crippen LogP contribution in [-0.4, -0.2) is 36.1 Å². The first-order valence-electron chi connectivity index (χ1n) is 11.7. The predicted molar refractivity (Wildman–Crippen MR) is 139 cm³/mol. The van der Waals surface area contributed by atoms with Gasteiger partial charge in [0.25, 0.3) is 0 Å². The lowest BCUT2D eigenvalue weighted by atomic mass is 10.1. The molecule has 2 heterocycles. The van der Waals surface area contributed by atoms with Crippen molar-refractivity contribution in [3.63, 3.8) is 0 Å². The molecule has 3 aromatic carbocycles. The molecule has 37 heavy (non-hydrogen) atoms. The quantitative estimate of drug-likeness (QED) is 0.406. The van der Waals surface area contributed by atoms with Gasteiger partial charge in [-0.3, -0.25) is 13.9 Å². The van der Waals surface area contributed by atoms with E-state index in [1.165, 1.54) is 16.2 Å². The maximum atomic E-state index is 13.7. The highest BCUT2D eigenvalue weighted by atomic mass is 16.7. The molecule has 0 spiro atoms. The molecule has 0 saturated heterocycles. The summed E-state index contributed by atoms with van der Waals surface area (Å²) in [6.07, 6.45) is 1.69. The third-order valence-electron chi connectivity index (χ3n) is 6.47. The van der Waals surface area contributed by atoms with Gasteiger partial charge in [-0.05, 0) is 61.4 Å². The molecule has 4 aromatic rings. The van der Waals surface area contributed by atoms with E-state index in [9.17, 15) is 9.59 Å². The zero-order chi connectivity index (χ0) is 26.1. The fraction of sp³-hybridized carbons (Fsp3) is 0.214. The minimum Gasteiger partial charge on any atom is -0.497 e. The van der Waals surface area contributed by atoms with Gasteiger partial charge >= 0.3 is 5.69 Å². The third kappa shape index (κ3) is 4.51. The molecule has 0 aliphatic carbocycles. The van der Waals surface area contributed by atoms with Crippen LogP contribution in [-0.2, 0) is 11.3 Å². The molecule has 9 heteroatoms. The lowest BCUT2D eigenvalue weighted by molar-refractivity contribution is -0.116. The number of methoxy groups -OCH3 is 2. The summed E-state index contributed by atoms with van der Waals surface area (Å²) in [6, 6.07) is 16.3. The molecule has 1 amide bonds. The number of nitrogens with one attached hydrogen (secondary N) is 1. The monoisotopic (exact) mass is 501 g/mol. The van der Waals surface area contributed by atoms with Crippen molar-refractivity contribution < 1.29 is 23.7 Å². The number of aryl methyl sites for hydroxylation is 1. The first kappa shape index (κ1) is 24.1. The van der Waals surface area contributed by atoms with Gasteiger partial charge in [0.15, 0.2) is 11.5 Å². The summed E-state index contributed by atoms with van der Waals surface area (Å²) in [5.74, 6) is 1.93. The Balaban J connectivity index is 1.59. The summed E-state index contributed by atoms with van der Waals surface area (Å²) < 4.78 is 24.7. The van der Waals surface area contributed by atoms with Crippen molar-refractivity contribution in [3.05, 3.63) is 82.4 Å². The van der Waals surface area contributed by atoms with Crippen molar-refractivity contribution in [3.8, 4) is 39.9 Å². The Morgan fingerprint density at radius 2 is 1.81 bits per heavy atom. The normalized spacial score (nSPS) is 11.9. The molecule has 1 aliphatic rings. The molecule has 0 unspecified atom stereocenters. The molecule has 1 N–H and O–H groups in total. The third-order valence-corrected chi connectivity index (χ3v) is 6.47. The number of carbonyl (C=O) groups is 1. The highest BCUT2D eigenvalue weighted by molar-refractivity contribution is 5.92. The van der Waals surface area contributed by atoms with Gasteiger partial charge in [-0.2, -0.15) is 0 Å². The number of nitrogens with zero attached hydrogens (tertiary/aromatic N) is 2. The Kier molecular flexibility index (Phi) is 6.35. The van der Waals surface area contributed by atoms with Crippen LogP contribution in [0.5, 0.6) is 23.0 Å². The minimum atomic E-state index is -0.396. The number of rotatable bonds is 7. The number of ether oxygens (including phenoxy) is 4. The molecule has 1 aliphatic heterocycles. The number of aromatic nitrogens is 2. The molecular formula is C28H27N3O6. The van der Waals surface area contributed by atoms with Crippen LogP contribution in [0.15, 0.2) is 65.6 Å². The van der Waals surface area contributed by atoms with Gasteiger partial charge in [-0.25, -0.2) is 4.79 Å². The Morgan fingerprint density at radius 3 is 2.59 bits per heavy atom. The number of benzene rings is 3. The van der Waals surface area contributed by atoms with Crippen LogP contribution < -0.4 is 30.0 Å². The van der Waals surface area contributed by atoms with Gasteiger partial charge in [0.2, 0.25) is 12.7 Å². The Bertz CT molecular complexity index is 1550. The second-order valence-corrected chi connectivity index (χ2v) is 8.65. The smallest absolute Gasteiger partial charge is 0.333 e. The Hall–Kier alpha value is -4.66. The van der Waals surface area contributed by atoms with Crippen LogP contribution in [0.2, 0.25) is 0 Å². The summed E-state index contributed by atoms with van der Waals surface area (Å²) in [7, 11) is 3.08. The lowest BCUT2D eigenvalue weighted by Gasteiger charge is -2.12. The van der Waals surface area contributed by atoms with Crippen molar-refractivity contribution in [2.75, 3.05) is 26.3 Å². The summed E-state index contributed by atoms with van der Waals surface area (Å²) in [4.78, 5) is 26.9. The van der Waals surface area contributed by atoms with E-state index in [0.29, 0.717) is 45.6 Å². The van der Waals surface area contributed by atoms with Gasteiger partial charge in [0.05, 0.1) is 25.6 Å². The van der Waals surface area contributed by atoms with Gasteiger partial charge < -0.3 is 24.3 Å². The van der Waals surface area contributed by atoms with Crippen molar-refractivity contribution in [1.82, 2.24) is 9.13 Å². The van der Waals surface area contributed by atoms with Crippen LogP contribution in [0.25, 0.3) is 16.9 Å². The summed E-state index contributed by atoms with van der Waals surface area (Å²) in [5.41, 5.74) is 4.10. The second-order valence-electron chi connectivity index (χ2n) is 8.65. The van der Waals surface area contributed by atoms with Crippen molar-refractivity contribution in [1.29, 1.82) is 0 Å². The summed E-state index contributed by atoms with van der Waals surface area (Å²) >= 11 is 0. The van der Waals surface area contributed by atoms with Crippen molar-refractivity contribution >= 4 is 11.6 Å². The van der Waals surface area contributed by atoms with Crippen LogP contribution in [0.3, 0.4) is 0 Å². The molecule has 5 rings (SSSR count). The first-order valence-corrected chi connectivity index (χ1v) is 11.7. The largest absolute Gasteiger partial charge is 0.497 e. The van der Waals surface area contributed by atoms with Crippen LogP contribution in [0, 0.1) is 13.8 Å². The van der Waals surface area contributed by atoms with Crippen molar-refractivity contribution in [2.24, 2.45) is 0 Å². The molecule has 9 nitrogen and oxygen atoms in total. The zero-order valence-corrected chi connectivity index (χ0v) is 21.0. The summed E-state index contributed by atoms with van der Waals surface area (Å²) in [6.45, 7) is 3.87. The van der Waals surface area contributed by atoms with Gasteiger partial charge in [-0.15, -0.1) is 0 Å². The predicted octanol–water partition coefficient (Wildman–Crippen LogP) is 4.31. The van der Waals surface area contributed by atoms with Gasteiger partial charge in [0, 0.05) is 23.5 Å². The molecule has 0 bridgehead atoms. The van der Waals surface area contributed by atoms with Crippen LogP contribution >= 0.6 is 0 Å². The fourth-order valence-electron chi connectivity index (χ4n) is 4.30. The number of carbonyl (C=O) groups excluding carboxylic acids is 1. The van der Waals surface area contributed by atoms with E-state index in [1.54, 1.807) is 43.6 Å². The number of fused-ring (bicyclic) bond motifs is 1. The summed E-state index contributed by atoms with van der Waals surface area (Å²) in [5, 5.41) is 2.94. The maximum Gasteiger partial charge on any atom is 0.333 e. The molecule has 1 aromatic heterocycles. The maximum absolute atomic E-state index is 13.7.